The first-order valence-electron chi connectivity index (χ1n) is 9.86. The number of hydrogen-bond donors (Lipinski definition) is 3. The number of thiophene rings is 1. The van der Waals surface area contributed by atoms with E-state index < -0.39 is 23.7 Å². The van der Waals surface area contributed by atoms with Gasteiger partial charge in [0, 0.05) is 4.88 Å². The summed E-state index contributed by atoms with van der Waals surface area (Å²) in [6.45, 7) is 6.02. The minimum atomic E-state index is -0.960. The summed E-state index contributed by atoms with van der Waals surface area (Å²) in [5.41, 5.74) is 9.10. The van der Waals surface area contributed by atoms with Crippen LogP contribution in [-0.2, 0) is 22.4 Å². The van der Waals surface area contributed by atoms with Crippen molar-refractivity contribution in [1.82, 2.24) is 0 Å². The Kier molecular flexibility index (Phi) is 5.93. The van der Waals surface area contributed by atoms with Crippen molar-refractivity contribution in [3.05, 3.63) is 27.2 Å². The maximum Gasteiger partial charge on any atom is 0.307 e. The molecule has 152 valence electrons. The van der Waals surface area contributed by atoms with E-state index in [1.54, 1.807) is 0 Å². The van der Waals surface area contributed by atoms with E-state index in [-0.39, 0.29) is 5.91 Å². The van der Waals surface area contributed by atoms with E-state index in [1.165, 1.54) is 11.3 Å². The number of rotatable bonds is 5. The number of primary amides is 1. The molecule has 0 saturated carbocycles. The van der Waals surface area contributed by atoms with Crippen LogP contribution in [0.5, 0.6) is 0 Å². The van der Waals surface area contributed by atoms with Crippen LogP contribution >= 0.6 is 11.3 Å². The van der Waals surface area contributed by atoms with Crippen LogP contribution < -0.4 is 11.1 Å². The zero-order chi connectivity index (χ0) is 20.6. The molecule has 4 N–H and O–H groups in total. The first kappa shape index (κ1) is 20.6. The van der Waals surface area contributed by atoms with Crippen molar-refractivity contribution in [3.63, 3.8) is 0 Å². The largest absolute Gasteiger partial charge is 0.481 e. The number of amides is 2. The monoisotopic (exact) mass is 404 g/mol. The van der Waals surface area contributed by atoms with E-state index in [2.05, 4.69) is 12.2 Å². The number of carbonyl (C=O) groups is 3. The van der Waals surface area contributed by atoms with Gasteiger partial charge in [-0.3, -0.25) is 14.4 Å². The lowest BCUT2D eigenvalue weighted by Crippen LogP contribution is -2.36. The molecule has 0 bridgehead atoms. The van der Waals surface area contributed by atoms with Gasteiger partial charge in [0.25, 0.3) is 5.91 Å². The molecule has 0 radical (unpaired) electrons. The normalized spacial score (nSPS) is 24.6. The molecule has 6 nitrogen and oxygen atoms in total. The van der Waals surface area contributed by atoms with Crippen LogP contribution in [0, 0.1) is 17.8 Å². The Morgan fingerprint density at radius 2 is 1.79 bits per heavy atom. The van der Waals surface area contributed by atoms with Crippen molar-refractivity contribution in [3.8, 4) is 0 Å². The zero-order valence-electron chi connectivity index (χ0n) is 16.6. The predicted molar refractivity (Wildman–Crippen MR) is 109 cm³/mol. The van der Waals surface area contributed by atoms with E-state index in [0.29, 0.717) is 29.3 Å². The topological polar surface area (TPSA) is 109 Å². The van der Waals surface area contributed by atoms with Gasteiger partial charge >= 0.3 is 5.97 Å². The lowest BCUT2D eigenvalue weighted by atomic mass is 9.76. The summed E-state index contributed by atoms with van der Waals surface area (Å²) in [6, 6.07) is 0. The highest BCUT2D eigenvalue weighted by Gasteiger charge is 2.38. The maximum absolute atomic E-state index is 13.0. The van der Waals surface area contributed by atoms with Gasteiger partial charge in [-0.15, -0.1) is 11.3 Å². The Morgan fingerprint density at radius 3 is 2.36 bits per heavy atom. The molecule has 3 atom stereocenters. The minimum absolute atomic E-state index is 0.340. The lowest BCUT2D eigenvalue weighted by molar-refractivity contribution is -0.146. The summed E-state index contributed by atoms with van der Waals surface area (Å²) in [4.78, 5) is 37.9. The third-order valence-electron chi connectivity index (χ3n) is 6.35. The number of aliphatic carboxylic acids is 1. The third-order valence-corrected chi connectivity index (χ3v) is 7.52. The number of nitrogens with one attached hydrogen (secondary N) is 1. The molecule has 7 heteroatoms. The summed E-state index contributed by atoms with van der Waals surface area (Å²) in [6.07, 6.45) is 4.58. The molecule has 1 heterocycles. The van der Waals surface area contributed by atoms with Gasteiger partial charge in [0.15, 0.2) is 0 Å². The second kappa shape index (κ2) is 8.07. The molecular weight excluding hydrogens is 376 g/mol. The molecular formula is C21H28N2O4S. The smallest absolute Gasteiger partial charge is 0.307 e. The van der Waals surface area contributed by atoms with Crippen molar-refractivity contribution in [1.29, 1.82) is 0 Å². The predicted octanol–water partition coefficient (Wildman–Crippen LogP) is 3.75. The molecule has 0 saturated heterocycles. The van der Waals surface area contributed by atoms with Crippen LogP contribution in [0.4, 0.5) is 5.00 Å². The van der Waals surface area contributed by atoms with E-state index in [1.807, 2.05) is 13.8 Å². The molecule has 2 aliphatic rings. The summed E-state index contributed by atoms with van der Waals surface area (Å²) in [5.74, 6) is -2.65. The molecule has 0 fully saturated rings. The Labute approximate surface area is 169 Å². The van der Waals surface area contributed by atoms with Gasteiger partial charge < -0.3 is 16.2 Å². The van der Waals surface area contributed by atoms with Gasteiger partial charge in [-0.2, -0.15) is 0 Å². The number of carboxylic acids is 1. The minimum Gasteiger partial charge on any atom is -0.481 e. The van der Waals surface area contributed by atoms with E-state index in [9.17, 15) is 19.5 Å². The van der Waals surface area contributed by atoms with Gasteiger partial charge in [0.2, 0.25) is 5.91 Å². The quantitative estimate of drug-likeness (QED) is 0.649. The van der Waals surface area contributed by atoms with Crippen LogP contribution in [-0.4, -0.2) is 22.9 Å². The van der Waals surface area contributed by atoms with Crippen LogP contribution in [0.15, 0.2) is 11.1 Å². The molecule has 0 aliphatic heterocycles. The number of allylic oxidation sites excluding steroid dienone is 2. The molecule has 3 rings (SSSR count). The Balaban J connectivity index is 1.89. The first-order valence-corrected chi connectivity index (χ1v) is 10.7. The van der Waals surface area contributed by atoms with Crippen molar-refractivity contribution >= 4 is 34.1 Å². The Morgan fingerprint density at radius 1 is 1.14 bits per heavy atom. The Hall–Kier alpha value is -2.15. The summed E-state index contributed by atoms with van der Waals surface area (Å²) < 4.78 is 0. The van der Waals surface area contributed by atoms with Crippen molar-refractivity contribution < 1.29 is 19.5 Å². The SMILES string of the molecule is CC[C@H]1CCc2c(sc(NC(=O)[C@@H]3CC(C)=C(C)C[C@@H]3C(=O)O)c2C(N)=O)C1. The van der Waals surface area contributed by atoms with Crippen molar-refractivity contribution in [2.75, 3.05) is 5.32 Å². The van der Waals surface area contributed by atoms with Crippen LogP contribution in [0.1, 0.15) is 67.3 Å². The van der Waals surface area contributed by atoms with Gasteiger partial charge in [-0.25, -0.2) is 0 Å². The summed E-state index contributed by atoms with van der Waals surface area (Å²) in [7, 11) is 0. The molecule has 1 aromatic heterocycles. The Bertz CT molecular complexity index is 855. The highest BCUT2D eigenvalue weighted by atomic mass is 32.1. The fourth-order valence-electron chi connectivity index (χ4n) is 4.38. The summed E-state index contributed by atoms with van der Waals surface area (Å²) >= 11 is 1.42. The molecule has 1 aromatic rings. The number of fused-ring (bicyclic) bond motifs is 1. The van der Waals surface area contributed by atoms with Gasteiger partial charge in [-0.1, -0.05) is 24.5 Å². The van der Waals surface area contributed by atoms with E-state index in [0.717, 1.165) is 47.3 Å². The fourth-order valence-corrected chi connectivity index (χ4v) is 5.75. The zero-order valence-corrected chi connectivity index (χ0v) is 17.4. The molecule has 0 aromatic carbocycles. The first-order chi connectivity index (χ1) is 13.2. The third kappa shape index (κ3) is 3.85. The standard InChI is InChI=1S/C21H28N2O4S/c1-4-12-5-6-13-16(9-12)28-20(17(13)18(22)24)23-19(25)14-7-10(2)11(3)8-15(14)21(26)27/h12,14-15H,4-9H2,1-3H3,(H2,22,24)(H,23,25)(H,26,27)/t12-,14+,15-/m0/s1. The summed E-state index contributed by atoms with van der Waals surface area (Å²) in [5, 5.41) is 12.9. The second-order valence-electron chi connectivity index (χ2n) is 8.10. The van der Waals surface area contributed by atoms with Crippen LogP contribution in [0.25, 0.3) is 0 Å². The van der Waals surface area contributed by atoms with Gasteiger partial charge in [0.05, 0.1) is 17.4 Å². The van der Waals surface area contributed by atoms with Gasteiger partial charge in [-0.05, 0) is 57.4 Å². The van der Waals surface area contributed by atoms with E-state index in [4.69, 9.17) is 5.73 Å². The number of nitrogens with two attached hydrogens (primary N) is 1. The number of carboxylic acid groups (broad SMARTS) is 1. The lowest BCUT2D eigenvalue weighted by Gasteiger charge is -2.29. The molecule has 2 aliphatic carbocycles. The molecule has 0 spiro atoms. The fraction of sp³-hybridized carbons (Fsp3) is 0.571. The maximum atomic E-state index is 13.0. The van der Waals surface area contributed by atoms with Crippen molar-refractivity contribution in [2.24, 2.45) is 23.5 Å². The van der Waals surface area contributed by atoms with Gasteiger partial charge in [0.1, 0.15) is 5.00 Å². The second-order valence-corrected chi connectivity index (χ2v) is 9.20. The number of carbonyl (C=O) groups excluding carboxylic acids is 2. The average molecular weight is 405 g/mol. The van der Waals surface area contributed by atoms with Crippen LogP contribution in [0.3, 0.4) is 0 Å². The molecule has 0 unspecified atom stereocenters. The van der Waals surface area contributed by atoms with Crippen LogP contribution in [0.2, 0.25) is 0 Å². The molecule has 28 heavy (non-hydrogen) atoms. The number of anilines is 1. The average Bonchev–Trinajstić information content (AvgIpc) is 3.00. The highest BCUT2D eigenvalue weighted by Crippen LogP contribution is 2.41. The molecule has 2 amide bonds. The number of hydrogen-bond acceptors (Lipinski definition) is 4. The van der Waals surface area contributed by atoms with E-state index >= 15 is 0 Å². The highest BCUT2D eigenvalue weighted by molar-refractivity contribution is 7.17. The van der Waals surface area contributed by atoms with Crippen molar-refractivity contribution in [2.45, 2.75) is 59.3 Å².